The number of fused-ring (bicyclic) bond motifs is 5. The maximum absolute atomic E-state index is 13.5. The number of likely N-dealkylation sites (tertiary alicyclic amines) is 1. The van der Waals surface area contributed by atoms with E-state index in [2.05, 4.69) is 25.9 Å². The molecule has 2 aromatic carbocycles. The number of methoxy groups -OCH3 is 1. The van der Waals surface area contributed by atoms with E-state index in [0.29, 0.717) is 65.9 Å². The molecular weight excluding hydrogens is 580 g/mol. The second-order valence-electron chi connectivity index (χ2n) is 10.9. The molecular formula is C32H38N6O7. The second kappa shape index (κ2) is 14.8. The highest BCUT2D eigenvalue weighted by molar-refractivity contribution is 5.96. The van der Waals surface area contributed by atoms with Crippen LogP contribution in [-0.4, -0.2) is 91.4 Å². The summed E-state index contributed by atoms with van der Waals surface area (Å²) < 4.78 is 23.4. The molecule has 5 rings (SSSR count). The van der Waals surface area contributed by atoms with E-state index in [4.69, 9.17) is 18.9 Å². The number of aromatic nitrogens is 2. The Labute approximate surface area is 261 Å². The van der Waals surface area contributed by atoms with Gasteiger partial charge in [0.05, 0.1) is 42.3 Å². The first-order chi connectivity index (χ1) is 21.8. The molecule has 0 aliphatic carbocycles. The number of hydrogen-bond acceptors (Lipinski definition) is 9. The van der Waals surface area contributed by atoms with Gasteiger partial charge in [-0.3, -0.25) is 9.59 Å². The van der Waals surface area contributed by atoms with Gasteiger partial charge in [0.2, 0.25) is 0 Å². The topological polar surface area (TPSA) is 153 Å². The molecule has 0 radical (unpaired) electrons. The second-order valence-corrected chi connectivity index (χ2v) is 10.9. The third kappa shape index (κ3) is 8.25. The normalized spacial score (nSPS) is 19.0. The van der Waals surface area contributed by atoms with E-state index in [1.54, 1.807) is 44.1 Å². The number of ether oxygens (including phenoxy) is 4. The molecule has 1 aromatic heterocycles. The lowest BCUT2D eigenvalue weighted by Crippen LogP contribution is -2.58. The van der Waals surface area contributed by atoms with Crippen molar-refractivity contribution in [1.29, 1.82) is 0 Å². The molecule has 2 aliphatic rings. The molecule has 13 nitrogen and oxygen atoms in total. The SMILES string of the molecule is COCCOc1cc2cc(c1)C(=O)NCCNC(=O)N[C@H]1CCN(C(=O)c3c(C)ncnc3C)C[C@@H]1OCc1cccc(c1)O2. The third-order valence-corrected chi connectivity index (χ3v) is 7.60. The van der Waals surface area contributed by atoms with Crippen molar-refractivity contribution in [2.75, 3.05) is 46.5 Å². The molecule has 3 aromatic rings. The van der Waals surface area contributed by atoms with Crippen LogP contribution in [0.25, 0.3) is 0 Å². The molecule has 3 heterocycles. The van der Waals surface area contributed by atoms with Gasteiger partial charge in [0, 0.05) is 44.9 Å². The summed E-state index contributed by atoms with van der Waals surface area (Å²) in [6, 6.07) is 11.6. The zero-order valence-corrected chi connectivity index (χ0v) is 25.6. The van der Waals surface area contributed by atoms with Crippen LogP contribution in [0, 0.1) is 13.8 Å². The van der Waals surface area contributed by atoms with Crippen LogP contribution in [0.1, 0.15) is 44.1 Å². The number of aryl methyl sites for hydroxylation is 2. The number of nitrogens with zero attached hydrogens (tertiary/aromatic N) is 3. The molecule has 238 valence electrons. The molecule has 2 aliphatic heterocycles. The van der Waals surface area contributed by atoms with Crippen LogP contribution in [-0.2, 0) is 16.1 Å². The van der Waals surface area contributed by atoms with E-state index in [1.807, 2.05) is 24.3 Å². The van der Waals surface area contributed by atoms with Crippen molar-refractivity contribution >= 4 is 17.8 Å². The van der Waals surface area contributed by atoms with Gasteiger partial charge in [-0.2, -0.15) is 0 Å². The Hall–Kier alpha value is -4.75. The Morgan fingerprint density at radius 2 is 1.82 bits per heavy atom. The quantitative estimate of drug-likeness (QED) is 0.367. The van der Waals surface area contributed by atoms with Gasteiger partial charge < -0.3 is 39.8 Å². The molecule has 13 heteroatoms. The minimum atomic E-state index is -0.495. The van der Waals surface area contributed by atoms with Crippen LogP contribution in [0.5, 0.6) is 17.2 Å². The maximum atomic E-state index is 13.5. The summed E-state index contributed by atoms with van der Waals surface area (Å²) in [5.74, 6) is 0.909. The Bertz CT molecular complexity index is 1510. The van der Waals surface area contributed by atoms with Gasteiger partial charge in [-0.05, 0) is 50.1 Å². The Morgan fingerprint density at radius 1 is 1.02 bits per heavy atom. The molecule has 3 N–H and O–H groups in total. The monoisotopic (exact) mass is 618 g/mol. The van der Waals surface area contributed by atoms with Crippen LogP contribution < -0.4 is 25.4 Å². The van der Waals surface area contributed by atoms with Crippen LogP contribution in [0.15, 0.2) is 48.8 Å². The lowest BCUT2D eigenvalue weighted by molar-refractivity contribution is -0.0236. The van der Waals surface area contributed by atoms with Crippen molar-refractivity contribution in [3.63, 3.8) is 0 Å². The summed E-state index contributed by atoms with van der Waals surface area (Å²) in [6.45, 7) is 5.56. The summed E-state index contributed by atoms with van der Waals surface area (Å²) in [4.78, 5) is 49.5. The molecule has 0 unspecified atom stereocenters. The van der Waals surface area contributed by atoms with Crippen molar-refractivity contribution in [2.24, 2.45) is 0 Å². The van der Waals surface area contributed by atoms with E-state index >= 15 is 0 Å². The van der Waals surface area contributed by atoms with Crippen molar-refractivity contribution in [3.8, 4) is 17.2 Å². The average Bonchev–Trinajstić information content (AvgIpc) is 3.02. The number of carbonyl (C=O) groups excluding carboxylic acids is 3. The fourth-order valence-electron chi connectivity index (χ4n) is 5.30. The minimum Gasteiger partial charge on any atom is -0.491 e. The predicted octanol–water partition coefficient (Wildman–Crippen LogP) is 2.75. The molecule has 4 amide bonds. The van der Waals surface area contributed by atoms with Crippen LogP contribution >= 0.6 is 0 Å². The molecule has 0 saturated carbocycles. The highest BCUT2D eigenvalue weighted by atomic mass is 16.5. The highest BCUT2D eigenvalue weighted by Crippen LogP contribution is 2.29. The molecule has 2 atom stereocenters. The first kappa shape index (κ1) is 31.7. The highest BCUT2D eigenvalue weighted by Gasteiger charge is 2.34. The fraction of sp³-hybridized carbons (Fsp3) is 0.406. The molecule has 45 heavy (non-hydrogen) atoms. The van der Waals surface area contributed by atoms with Gasteiger partial charge >= 0.3 is 6.03 Å². The van der Waals surface area contributed by atoms with E-state index in [9.17, 15) is 14.4 Å². The van der Waals surface area contributed by atoms with Crippen molar-refractivity contribution in [3.05, 3.63) is 76.9 Å². The number of hydrogen-bond donors (Lipinski definition) is 3. The summed E-state index contributed by atoms with van der Waals surface area (Å²) in [5, 5.41) is 8.61. The largest absolute Gasteiger partial charge is 0.491 e. The van der Waals surface area contributed by atoms with Gasteiger partial charge in [0.1, 0.15) is 30.2 Å². The van der Waals surface area contributed by atoms with Crippen molar-refractivity contribution in [2.45, 2.75) is 39.0 Å². The van der Waals surface area contributed by atoms with Crippen molar-refractivity contribution in [1.82, 2.24) is 30.8 Å². The summed E-state index contributed by atoms with van der Waals surface area (Å²) in [6.07, 6.45) is 1.44. The first-order valence-electron chi connectivity index (χ1n) is 14.9. The number of nitrogens with one attached hydrogen (secondary N) is 3. The van der Waals surface area contributed by atoms with Crippen molar-refractivity contribution < 1.29 is 33.3 Å². The standard InChI is InChI=1S/C32H38N6O7/c1-20-29(21(2)36-19-35-20)31(40)38-10-7-27-28(17-38)44-18-22-5-4-6-24(13-22)45-26-15-23(14-25(16-26)43-12-11-42-3)30(39)33-8-9-34-32(41)37-27/h4-6,13-16,19,27-28H,7-12,17-18H2,1-3H3,(H,33,39)(H2,34,37,41)/t27-,28-/m0/s1. The van der Waals surface area contributed by atoms with Gasteiger partial charge in [0.25, 0.3) is 11.8 Å². The van der Waals surface area contributed by atoms with E-state index in [1.165, 1.54) is 6.33 Å². The summed E-state index contributed by atoms with van der Waals surface area (Å²) >= 11 is 0. The van der Waals surface area contributed by atoms with E-state index < -0.39 is 12.1 Å². The number of amides is 4. The van der Waals surface area contributed by atoms with Crippen LogP contribution in [0.4, 0.5) is 4.79 Å². The molecule has 1 saturated heterocycles. The molecule has 0 spiro atoms. The predicted molar refractivity (Wildman–Crippen MR) is 164 cm³/mol. The molecule has 4 bridgehead atoms. The Morgan fingerprint density at radius 3 is 2.62 bits per heavy atom. The lowest BCUT2D eigenvalue weighted by atomic mass is 10.00. The smallest absolute Gasteiger partial charge is 0.315 e. The number of benzene rings is 2. The Balaban J connectivity index is 1.38. The van der Waals surface area contributed by atoms with Gasteiger partial charge in [-0.1, -0.05) is 12.1 Å². The first-order valence-corrected chi connectivity index (χ1v) is 14.9. The van der Waals surface area contributed by atoms with E-state index in [0.717, 1.165) is 5.56 Å². The zero-order valence-electron chi connectivity index (χ0n) is 25.6. The van der Waals surface area contributed by atoms with Crippen LogP contribution in [0.2, 0.25) is 0 Å². The van der Waals surface area contributed by atoms with Gasteiger partial charge in [-0.15, -0.1) is 0 Å². The maximum Gasteiger partial charge on any atom is 0.315 e. The summed E-state index contributed by atoms with van der Waals surface area (Å²) in [5.41, 5.74) is 2.88. The lowest BCUT2D eigenvalue weighted by Gasteiger charge is -2.39. The van der Waals surface area contributed by atoms with E-state index in [-0.39, 0.29) is 44.1 Å². The Kier molecular flexibility index (Phi) is 10.4. The van der Waals surface area contributed by atoms with Crippen LogP contribution in [0.3, 0.4) is 0 Å². The molecule has 1 fully saturated rings. The van der Waals surface area contributed by atoms with Gasteiger partial charge in [0.15, 0.2) is 0 Å². The zero-order chi connectivity index (χ0) is 31.8. The number of piperidine rings is 1. The number of urea groups is 1. The summed E-state index contributed by atoms with van der Waals surface area (Å²) in [7, 11) is 1.58. The third-order valence-electron chi connectivity index (χ3n) is 7.60. The average molecular weight is 619 g/mol. The fourth-order valence-corrected chi connectivity index (χ4v) is 5.30. The minimum absolute atomic E-state index is 0.171. The number of rotatable bonds is 5. The van der Waals surface area contributed by atoms with Gasteiger partial charge in [-0.25, -0.2) is 14.8 Å². The number of carbonyl (C=O) groups is 3.